The van der Waals surface area contributed by atoms with Crippen LogP contribution in [0.3, 0.4) is 0 Å². The number of esters is 1. The number of rotatable bonds is 6. The molecule has 0 radical (unpaired) electrons. The Kier molecular flexibility index (Phi) is 5.86. The second-order valence-electron chi connectivity index (χ2n) is 8.25. The Hall–Kier alpha value is -0.610. The first kappa shape index (κ1) is 18.2. The van der Waals surface area contributed by atoms with E-state index in [1.807, 2.05) is 0 Å². The predicted octanol–water partition coefficient (Wildman–Crippen LogP) is 3.66. The summed E-state index contributed by atoms with van der Waals surface area (Å²) >= 11 is 0. The summed E-state index contributed by atoms with van der Waals surface area (Å²) in [6, 6.07) is 0.261. The van der Waals surface area contributed by atoms with Crippen molar-refractivity contribution in [2.45, 2.75) is 108 Å². The molecule has 1 N–H and O–H groups in total. The molecule has 0 aromatic carbocycles. The second-order valence-corrected chi connectivity index (χ2v) is 8.25. The smallest absolute Gasteiger partial charge is 0.323 e. The van der Waals surface area contributed by atoms with Crippen molar-refractivity contribution < 1.29 is 14.6 Å². The molecule has 1 aliphatic carbocycles. The third-order valence-electron chi connectivity index (χ3n) is 7.00. The SMILES string of the molecule is CCCCCC[C@@H]1C[C@H](O)[C@@H]2CCCC[C@]23CC[C@@H](C(=O)OC)N13. The summed E-state index contributed by atoms with van der Waals surface area (Å²) in [5, 5.41) is 10.9. The Morgan fingerprint density at radius 2 is 2.04 bits per heavy atom. The van der Waals surface area contributed by atoms with Gasteiger partial charge in [-0.05, 0) is 38.5 Å². The average molecular weight is 338 g/mol. The molecule has 4 heteroatoms. The third-order valence-corrected chi connectivity index (χ3v) is 7.00. The van der Waals surface area contributed by atoms with Gasteiger partial charge in [0, 0.05) is 17.5 Å². The first-order chi connectivity index (χ1) is 11.6. The van der Waals surface area contributed by atoms with Crippen molar-refractivity contribution in [2.75, 3.05) is 7.11 Å². The number of unbranched alkanes of at least 4 members (excludes halogenated alkanes) is 3. The van der Waals surface area contributed by atoms with Gasteiger partial charge in [0.25, 0.3) is 0 Å². The fraction of sp³-hybridized carbons (Fsp3) is 0.950. The number of hydrogen-bond acceptors (Lipinski definition) is 4. The molecular formula is C20H35NO3. The fourth-order valence-corrected chi connectivity index (χ4v) is 6.00. The highest BCUT2D eigenvalue weighted by atomic mass is 16.5. The number of piperidine rings is 1. The van der Waals surface area contributed by atoms with Gasteiger partial charge in [-0.2, -0.15) is 0 Å². The van der Waals surface area contributed by atoms with Crippen LogP contribution in [0, 0.1) is 5.92 Å². The molecule has 0 amide bonds. The molecule has 1 spiro atoms. The van der Waals surface area contributed by atoms with Crippen LogP contribution in [-0.4, -0.2) is 46.8 Å². The molecule has 24 heavy (non-hydrogen) atoms. The molecular weight excluding hydrogens is 302 g/mol. The minimum Gasteiger partial charge on any atom is -0.468 e. The summed E-state index contributed by atoms with van der Waals surface area (Å²) in [5.41, 5.74) is 0.0597. The maximum Gasteiger partial charge on any atom is 0.323 e. The molecule has 138 valence electrons. The zero-order valence-electron chi connectivity index (χ0n) is 15.5. The average Bonchev–Trinajstić information content (AvgIpc) is 2.97. The van der Waals surface area contributed by atoms with Gasteiger partial charge in [0.2, 0.25) is 0 Å². The van der Waals surface area contributed by atoms with Crippen molar-refractivity contribution in [3.05, 3.63) is 0 Å². The Labute approximate surface area is 146 Å². The van der Waals surface area contributed by atoms with Crippen molar-refractivity contribution in [3.8, 4) is 0 Å². The molecule has 1 saturated carbocycles. The zero-order chi connectivity index (χ0) is 17.2. The lowest BCUT2D eigenvalue weighted by atomic mass is 9.64. The van der Waals surface area contributed by atoms with Gasteiger partial charge in [-0.1, -0.05) is 45.4 Å². The Morgan fingerprint density at radius 1 is 1.21 bits per heavy atom. The molecule has 0 bridgehead atoms. The second kappa shape index (κ2) is 7.74. The standard InChI is InChI=1S/C20H35NO3/c1-3-4-5-6-9-15-14-18(22)16-10-7-8-12-20(16)13-11-17(21(15)20)19(23)24-2/h15-18,22H,3-14H2,1-2H3/t15-,16+,17+,18+,20+/m1/s1. The molecule has 2 aliphatic heterocycles. The highest BCUT2D eigenvalue weighted by Crippen LogP contribution is 2.54. The summed E-state index contributed by atoms with van der Waals surface area (Å²) < 4.78 is 5.13. The highest BCUT2D eigenvalue weighted by molar-refractivity contribution is 5.76. The number of methoxy groups -OCH3 is 1. The fourth-order valence-electron chi connectivity index (χ4n) is 6.00. The van der Waals surface area contributed by atoms with Gasteiger partial charge in [-0.25, -0.2) is 0 Å². The molecule has 0 unspecified atom stereocenters. The van der Waals surface area contributed by atoms with E-state index in [9.17, 15) is 9.90 Å². The van der Waals surface area contributed by atoms with Crippen molar-refractivity contribution in [2.24, 2.45) is 5.92 Å². The van der Waals surface area contributed by atoms with Crippen LogP contribution in [0.2, 0.25) is 0 Å². The van der Waals surface area contributed by atoms with Crippen molar-refractivity contribution in [1.82, 2.24) is 4.90 Å². The van der Waals surface area contributed by atoms with Crippen molar-refractivity contribution >= 4 is 5.97 Å². The summed E-state index contributed by atoms with van der Waals surface area (Å²) in [5.74, 6) is 0.291. The van der Waals surface area contributed by atoms with E-state index >= 15 is 0 Å². The topological polar surface area (TPSA) is 49.8 Å². The monoisotopic (exact) mass is 337 g/mol. The lowest BCUT2D eigenvalue weighted by Crippen LogP contribution is -2.66. The van der Waals surface area contributed by atoms with Crippen molar-refractivity contribution in [3.63, 3.8) is 0 Å². The molecule has 0 aromatic rings. The largest absolute Gasteiger partial charge is 0.468 e. The lowest BCUT2D eigenvalue weighted by molar-refractivity contribution is -0.160. The molecule has 5 atom stereocenters. The molecule has 4 nitrogen and oxygen atoms in total. The first-order valence-electron chi connectivity index (χ1n) is 10.2. The minimum absolute atomic E-state index is 0.0597. The van der Waals surface area contributed by atoms with Crippen LogP contribution >= 0.6 is 0 Å². The molecule has 3 aliphatic rings. The normalized spacial score (nSPS) is 39.3. The van der Waals surface area contributed by atoms with Crippen LogP contribution < -0.4 is 0 Å². The van der Waals surface area contributed by atoms with E-state index in [1.54, 1.807) is 0 Å². The van der Waals surface area contributed by atoms with E-state index in [-0.39, 0.29) is 23.7 Å². The molecule has 2 heterocycles. The predicted molar refractivity (Wildman–Crippen MR) is 94.7 cm³/mol. The van der Waals surface area contributed by atoms with Crippen LogP contribution in [0.1, 0.15) is 84.0 Å². The van der Waals surface area contributed by atoms with Crippen molar-refractivity contribution in [1.29, 1.82) is 0 Å². The minimum atomic E-state index is -0.186. The van der Waals surface area contributed by atoms with Crippen LogP contribution in [0.5, 0.6) is 0 Å². The lowest BCUT2D eigenvalue weighted by Gasteiger charge is -2.57. The van der Waals surface area contributed by atoms with Gasteiger partial charge < -0.3 is 9.84 Å². The summed E-state index contributed by atoms with van der Waals surface area (Å²) in [6.45, 7) is 2.24. The van der Waals surface area contributed by atoms with Gasteiger partial charge >= 0.3 is 5.97 Å². The molecule has 3 fully saturated rings. The number of carbonyl (C=O) groups excluding carboxylic acids is 1. The molecule has 0 aromatic heterocycles. The van der Waals surface area contributed by atoms with Gasteiger partial charge in [0.05, 0.1) is 13.2 Å². The van der Waals surface area contributed by atoms with E-state index in [0.29, 0.717) is 12.0 Å². The summed E-state index contributed by atoms with van der Waals surface area (Å²) in [4.78, 5) is 15.0. The number of aliphatic hydroxyl groups is 1. The number of hydrogen-bond donors (Lipinski definition) is 1. The summed E-state index contributed by atoms with van der Waals surface area (Å²) in [7, 11) is 1.51. The number of carbonyl (C=O) groups is 1. The summed E-state index contributed by atoms with van der Waals surface area (Å²) in [6.07, 6.45) is 13.4. The maximum absolute atomic E-state index is 12.4. The van der Waals surface area contributed by atoms with Gasteiger partial charge in [0.15, 0.2) is 0 Å². The number of ether oxygens (including phenoxy) is 1. The Morgan fingerprint density at radius 3 is 2.79 bits per heavy atom. The van der Waals surface area contributed by atoms with Crippen LogP contribution in [0.4, 0.5) is 0 Å². The van der Waals surface area contributed by atoms with Crippen LogP contribution in [0.25, 0.3) is 0 Å². The molecule has 2 saturated heterocycles. The van der Waals surface area contributed by atoms with E-state index < -0.39 is 0 Å². The van der Waals surface area contributed by atoms with Gasteiger partial charge in [0.1, 0.15) is 6.04 Å². The van der Waals surface area contributed by atoms with Gasteiger partial charge in [-0.15, -0.1) is 0 Å². The van der Waals surface area contributed by atoms with Crippen LogP contribution in [0.15, 0.2) is 0 Å². The van der Waals surface area contributed by atoms with Gasteiger partial charge in [-0.3, -0.25) is 9.69 Å². The van der Waals surface area contributed by atoms with E-state index in [0.717, 1.165) is 38.5 Å². The Bertz CT molecular complexity index is 441. The third kappa shape index (κ3) is 3.12. The van der Waals surface area contributed by atoms with E-state index in [1.165, 1.54) is 45.6 Å². The maximum atomic E-state index is 12.4. The highest BCUT2D eigenvalue weighted by Gasteiger charge is 2.60. The van der Waals surface area contributed by atoms with E-state index in [4.69, 9.17) is 4.74 Å². The number of aliphatic hydroxyl groups excluding tert-OH is 1. The first-order valence-corrected chi connectivity index (χ1v) is 10.2. The van der Waals surface area contributed by atoms with E-state index in [2.05, 4.69) is 11.8 Å². The Balaban J connectivity index is 1.81. The quantitative estimate of drug-likeness (QED) is 0.594. The molecule has 3 rings (SSSR count). The number of nitrogens with zero attached hydrogens (tertiary/aromatic N) is 1. The zero-order valence-corrected chi connectivity index (χ0v) is 15.5. The van der Waals surface area contributed by atoms with Crippen LogP contribution in [-0.2, 0) is 9.53 Å².